The molecule has 8 heteroatoms. The van der Waals surface area contributed by atoms with E-state index in [0.29, 0.717) is 24.9 Å². The molecule has 1 saturated heterocycles. The van der Waals surface area contributed by atoms with Crippen molar-refractivity contribution in [2.24, 2.45) is 0 Å². The highest BCUT2D eigenvalue weighted by Gasteiger charge is 2.31. The number of aromatic nitrogens is 2. The van der Waals surface area contributed by atoms with Crippen molar-refractivity contribution in [1.29, 1.82) is 0 Å². The van der Waals surface area contributed by atoms with Gasteiger partial charge in [0.25, 0.3) is 5.89 Å². The Balaban J connectivity index is 1.78. The quantitative estimate of drug-likeness (QED) is 0.861. The monoisotopic (exact) mass is 327 g/mol. The third kappa shape index (κ3) is 3.02. The zero-order valence-electron chi connectivity index (χ0n) is 11.7. The molecule has 0 N–H and O–H groups in total. The molecule has 21 heavy (non-hydrogen) atoms. The molecule has 1 aliphatic rings. The summed E-state index contributed by atoms with van der Waals surface area (Å²) in [5, 5.41) is 10.1. The Kier molecular flexibility index (Phi) is 4.10. The SMILES string of the molecule is CCS(=O)(=O)N1CCC[C@H](c2nnc(-c3cccs3)o2)C1. The van der Waals surface area contributed by atoms with Gasteiger partial charge in [-0.25, -0.2) is 12.7 Å². The molecule has 0 unspecified atom stereocenters. The van der Waals surface area contributed by atoms with E-state index in [1.165, 1.54) is 4.31 Å². The number of thiophene rings is 1. The number of rotatable bonds is 4. The van der Waals surface area contributed by atoms with Crippen LogP contribution in [0.5, 0.6) is 0 Å². The summed E-state index contributed by atoms with van der Waals surface area (Å²) >= 11 is 1.54. The van der Waals surface area contributed by atoms with Gasteiger partial charge in [0.1, 0.15) is 0 Å². The molecule has 0 aromatic carbocycles. The molecule has 1 fully saturated rings. The van der Waals surface area contributed by atoms with Crippen LogP contribution < -0.4 is 0 Å². The van der Waals surface area contributed by atoms with Gasteiger partial charge in [0.05, 0.1) is 16.5 Å². The fourth-order valence-corrected chi connectivity index (χ4v) is 4.30. The van der Waals surface area contributed by atoms with Crippen LogP contribution in [0.2, 0.25) is 0 Å². The molecule has 0 spiro atoms. The van der Waals surface area contributed by atoms with Crippen molar-refractivity contribution in [1.82, 2.24) is 14.5 Å². The van der Waals surface area contributed by atoms with E-state index < -0.39 is 10.0 Å². The first-order valence-corrected chi connectivity index (χ1v) is 9.44. The van der Waals surface area contributed by atoms with Crippen LogP contribution in [-0.4, -0.2) is 41.8 Å². The Morgan fingerprint density at radius 2 is 2.33 bits per heavy atom. The number of hydrogen-bond acceptors (Lipinski definition) is 6. The molecule has 6 nitrogen and oxygen atoms in total. The number of nitrogens with zero attached hydrogens (tertiary/aromatic N) is 3. The van der Waals surface area contributed by atoms with Crippen molar-refractivity contribution in [3.05, 3.63) is 23.4 Å². The first-order valence-electron chi connectivity index (χ1n) is 6.95. The minimum atomic E-state index is -3.15. The Bertz CT molecular complexity index is 694. The van der Waals surface area contributed by atoms with Crippen LogP contribution >= 0.6 is 11.3 Å². The highest BCUT2D eigenvalue weighted by atomic mass is 32.2. The molecule has 3 rings (SSSR count). The summed E-state index contributed by atoms with van der Waals surface area (Å²) in [4.78, 5) is 0.933. The average Bonchev–Trinajstić information content (AvgIpc) is 3.18. The van der Waals surface area contributed by atoms with E-state index in [2.05, 4.69) is 10.2 Å². The summed E-state index contributed by atoms with van der Waals surface area (Å²) in [6.07, 6.45) is 1.70. The van der Waals surface area contributed by atoms with Gasteiger partial charge in [-0.3, -0.25) is 0 Å². The fourth-order valence-electron chi connectivity index (χ4n) is 2.48. The first-order chi connectivity index (χ1) is 10.1. The van der Waals surface area contributed by atoms with Crippen LogP contribution in [0.3, 0.4) is 0 Å². The lowest BCUT2D eigenvalue weighted by Gasteiger charge is -2.29. The normalized spacial score (nSPS) is 20.7. The van der Waals surface area contributed by atoms with Crippen LogP contribution in [0.4, 0.5) is 0 Å². The summed E-state index contributed by atoms with van der Waals surface area (Å²) in [5.74, 6) is 1.16. The maximum atomic E-state index is 12.0. The lowest BCUT2D eigenvalue weighted by atomic mass is 10.00. The Hall–Kier alpha value is -1.25. The Labute approximate surface area is 127 Å². The largest absolute Gasteiger partial charge is 0.420 e. The van der Waals surface area contributed by atoms with E-state index in [4.69, 9.17) is 4.42 Å². The van der Waals surface area contributed by atoms with Gasteiger partial charge in [0.2, 0.25) is 15.9 Å². The minimum Gasteiger partial charge on any atom is -0.420 e. The van der Waals surface area contributed by atoms with E-state index >= 15 is 0 Å². The molecule has 0 bridgehead atoms. The predicted octanol–water partition coefficient (Wildman–Crippen LogP) is 2.33. The van der Waals surface area contributed by atoms with Gasteiger partial charge in [-0.05, 0) is 31.2 Å². The maximum Gasteiger partial charge on any atom is 0.257 e. The molecule has 1 atom stereocenters. The average molecular weight is 327 g/mol. The van der Waals surface area contributed by atoms with Crippen LogP contribution in [0, 0.1) is 0 Å². The van der Waals surface area contributed by atoms with Gasteiger partial charge in [0.15, 0.2) is 0 Å². The molecular formula is C13H17N3O3S2. The summed E-state index contributed by atoms with van der Waals surface area (Å²) < 4.78 is 31.2. The van der Waals surface area contributed by atoms with E-state index in [1.807, 2.05) is 17.5 Å². The van der Waals surface area contributed by atoms with Crippen LogP contribution in [0.25, 0.3) is 10.8 Å². The third-order valence-electron chi connectivity index (χ3n) is 3.66. The summed E-state index contributed by atoms with van der Waals surface area (Å²) in [6.45, 7) is 2.68. The molecule has 114 valence electrons. The van der Waals surface area contributed by atoms with Crippen molar-refractivity contribution in [2.75, 3.05) is 18.8 Å². The van der Waals surface area contributed by atoms with Crippen molar-refractivity contribution in [3.8, 4) is 10.8 Å². The van der Waals surface area contributed by atoms with E-state index in [1.54, 1.807) is 18.3 Å². The van der Waals surface area contributed by atoms with Gasteiger partial charge in [-0.15, -0.1) is 21.5 Å². The van der Waals surface area contributed by atoms with Crippen LogP contribution in [0.15, 0.2) is 21.9 Å². The number of hydrogen-bond donors (Lipinski definition) is 0. The molecule has 2 aromatic heterocycles. The molecule has 3 heterocycles. The number of sulfonamides is 1. The maximum absolute atomic E-state index is 12.0. The van der Waals surface area contributed by atoms with Gasteiger partial charge in [-0.1, -0.05) is 6.07 Å². The molecule has 0 radical (unpaired) electrons. The van der Waals surface area contributed by atoms with Crippen LogP contribution in [-0.2, 0) is 10.0 Å². The van der Waals surface area contributed by atoms with Crippen molar-refractivity contribution >= 4 is 21.4 Å². The van der Waals surface area contributed by atoms with Gasteiger partial charge < -0.3 is 4.42 Å². The second-order valence-electron chi connectivity index (χ2n) is 5.02. The number of piperidine rings is 1. The van der Waals surface area contributed by atoms with Gasteiger partial charge in [0, 0.05) is 13.1 Å². The van der Waals surface area contributed by atoms with E-state index in [9.17, 15) is 8.42 Å². The van der Waals surface area contributed by atoms with E-state index in [0.717, 1.165) is 17.7 Å². The highest BCUT2D eigenvalue weighted by molar-refractivity contribution is 7.89. The second kappa shape index (κ2) is 5.86. The molecular weight excluding hydrogens is 310 g/mol. The molecule has 0 saturated carbocycles. The van der Waals surface area contributed by atoms with Gasteiger partial charge in [-0.2, -0.15) is 0 Å². The van der Waals surface area contributed by atoms with E-state index in [-0.39, 0.29) is 11.7 Å². The lowest BCUT2D eigenvalue weighted by Crippen LogP contribution is -2.39. The summed E-state index contributed by atoms with van der Waals surface area (Å²) in [6, 6.07) is 3.86. The third-order valence-corrected chi connectivity index (χ3v) is 6.37. The Morgan fingerprint density at radius 1 is 1.48 bits per heavy atom. The van der Waals surface area contributed by atoms with Crippen molar-refractivity contribution < 1.29 is 12.8 Å². The molecule has 0 aliphatic carbocycles. The smallest absolute Gasteiger partial charge is 0.257 e. The first kappa shape index (κ1) is 14.7. The molecule has 0 amide bonds. The summed E-state index contributed by atoms with van der Waals surface area (Å²) in [5.41, 5.74) is 0. The fraction of sp³-hybridized carbons (Fsp3) is 0.538. The Morgan fingerprint density at radius 3 is 3.05 bits per heavy atom. The summed E-state index contributed by atoms with van der Waals surface area (Å²) in [7, 11) is -3.15. The highest BCUT2D eigenvalue weighted by Crippen LogP contribution is 2.30. The van der Waals surface area contributed by atoms with Crippen molar-refractivity contribution in [3.63, 3.8) is 0 Å². The standard InChI is InChI=1S/C13H17N3O3S2/c1-2-21(17,18)16-7-3-5-10(9-16)12-14-15-13(19-12)11-6-4-8-20-11/h4,6,8,10H,2-3,5,7,9H2,1H3/t10-/m0/s1. The minimum absolute atomic E-state index is 0.0127. The molecule has 2 aromatic rings. The lowest BCUT2D eigenvalue weighted by molar-refractivity contribution is 0.286. The zero-order chi connectivity index (χ0) is 14.9. The van der Waals surface area contributed by atoms with Crippen molar-refractivity contribution in [2.45, 2.75) is 25.7 Å². The zero-order valence-corrected chi connectivity index (χ0v) is 13.4. The second-order valence-corrected chi connectivity index (χ2v) is 8.23. The van der Waals surface area contributed by atoms with Crippen LogP contribution in [0.1, 0.15) is 31.6 Å². The molecule has 1 aliphatic heterocycles. The van der Waals surface area contributed by atoms with Gasteiger partial charge >= 0.3 is 0 Å². The topological polar surface area (TPSA) is 76.3 Å². The predicted molar refractivity (Wildman–Crippen MR) is 80.6 cm³/mol.